The van der Waals surface area contributed by atoms with Crippen LogP contribution in [0.4, 0.5) is 0 Å². The van der Waals surface area contributed by atoms with Crippen LogP contribution in [0.2, 0.25) is 0 Å². The standard InChI is InChI=1S/C14H17BrN2O2/c1-3-7-19-13-11(15)8-10(9-12(13)18-4-2)14-16-5-6-17-14/h5-6,8-9H,3-4,7H2,1-2H3,(H,16,17). The molecule has 0 radical (unpaired) electrons. The van der Waals surface area contributed by atoms with E-state index in [-0.39, 0.29) is 0 Å². The quantitative estimate of drug-likeness (QED) is 0.872. The van der Waals surface area contributed by atoms with E-state index >= 15 is 0 Å². The van der Waals surface area contributed by atoms with Crippen molar-refractivity contribution in [3.05, 3.63) is 29.0 Å². The molecule has 2 rings (SSSR count). The van der Waals surface area contributed by atoms with Gasteiger partial charge in [-0.1, -0.05) is 6.92 Å². The average molecular weight is 325 g/mol. The number of ether oxygens (including phenoxy) is 2. The van der Waals surface area contributed by atoms with Crippen LogP contribution in [0, 0.1) is 0 Å². The van der Waals surface area contributed by atoms with Gasteiger partial charge in [0.15, 0.2) is 11.5 Å². The van der Waals surface area contributed by atoms with E-state index in [0.717, 1.165) is 33.8 Å². The molecule has 0 amide bonds. The maximum Gasteiger partial charge on any atom is 0.175 e. The minimum absolute atomic E-state index is 0.594. The zero-order valence-electron chi connectivity index (χ0n) is 11.1. The van der Waals surface area contributed by atoms with Crippen molar-refractivity contribution in [1.82, 2.24) is 9.97 Å². The van der Waals surface area contributed by atoms with Crippen molar-refractivity contribution in [2.75, 3.05) is 13.2 Å². The minimum Gasteiger partial charge on any atom is -0.490 e. The lowest BCUT2D eigenvalue weighted by Crippen LogP contribution is -2.01. The highest BCUT2D eigenvalue weighted by Gasteiger charge is 2.13. The third-order valence-corrected chi connectivity index (χ3v) is 3.12. The first-order valence-corrected chi connectivity index (χ1v) is 7.14. The Morgan fingerprint density at radius 2 is 2.11 bits per heavy atom. The van der Waals surface area contributed by atoms with Crippen molar-refractivity contribution < 1.29 is 9.47 Å². The molecule has 0 fully saturated rings. The molecule has 0 unspecified atom stereocenters. The first kappa shape index (κ1) is 13.9. The van der Waals surface area contributed by atoms with Gasteiger partial charge in [-0.2, -0.15) is 0 Å². The molecule has 102 valence electrons. The molecule has 0 bridgehead atoms. The Balaban J connectivity index is 2.39. The topological polar surface area (TPSA) is 47.1 Å². The molecule has 0 saturated carbocycles. The summed E-state index contributed by atoms with van der Waals surface area (Å²) in [7, 11) is 0. The van der Waals surface area contributed by atoms with Crippen LogP contribution in [-0.4, -0.2) is 23.2 Å². The number of nitrogens with one attached hydrogen (secondary N) is 1. The summed E-state index contributed by atoms with van der Waals surface area (Å²) in [6, 6.07) is 3.92. The predicted octanol–water partition coefficient (Wildman–Crippen LogP) is 4.03. The first-order chi connectivity index (χ1) is 9.26. The molecule has 4 nitrogen and oxygen atoms in total. The number of nitrogens with zero attached hydrogens (tertiary/aromatic N) is 1. The van der Waals surface area contributed by atoms with Crippen LogP contribution in [0.5, 0.6) is 11.5 Å². The smallest absolute Gasteiger partial charge is 0.175 e. The van der Waals surface area contributed by atoms with Gasteiger partial charge in [-0.25, -0.2) is 4.98 Å². The van der Waals surface area contributed by atoms with Crippen LogP contribution in [0.3, 0.4) is 0 Å². The van der Waals surface area contributed by atoms with Crippen LogP contribution in [-0.2, 0) is 0 Å². The van der Waals surface area contributed by atoms with E-state index in [1.54, 1.807) is 12.4 Å². The fourth-order valence-electron chi connectivity index (χ4n) is 1.73. The van der Waals surface area contributed by atoms with Gasteiger partial charge >= 0.3 is 0 Å². The lowest BCUT2D eigenvalue weighted by molar-refractivity contribution is 0.275. The van der Waals surface area contributed by atoms with Gasteiger partial charge in [-0.05, 0) is 41.4 Å². The molecule has 1 aromatic heterocycles. The van der Waals surface area contributed by atoms with E-state index in [4.69, 9.17) is 9.47 Å². The van der Waals surface area contributed by atoms with E-state index in [2.05, 4.69) is 32.8 Å². The van der Waals surface area contributed by atoms with Crippen molar-refractivity contribution in [1.29, 1.82) is 0 Å². The van der Waals surface area contributed by atoms with Gasteiger partial charge in [0, 0.05) is 18.0 Å². The second kappa shape index (κ2) is 6.61. The third kappa shape index (κ3) is 3.29. The summed E-state index contributed by atoms with van der Waals surface area (Å²) in [5, 5.41) is 0. The first-order valence-electron chi connectivity index (χ1n) is 6.35. The molecule has 2 aromatic rings. The summed E-state index contributed by atoms with van der Waals surface area (Å²) in [5.74, 6) is 2.29. The maximum absolute atomic E-state index is 5.74. The van der Waals surface area contributed by atoms with Crippen molar-refractivity contribution in [2.24, 2.45) is 0 Å². The fraction of sp³-hybridized carbons (Fsp3) is 0.357. The summed E-state index contributed by atoms with van der Waals surface area (Å²) < 4.78 is 12.3. The van der Waals surface area contributed by atoms with Gasteiger partial charge in [-0.15, -0.1) is 0 Å². The van der Waals surface area contributed by atoms with E-state index in [0.29, 0.717) is 13.2 Å². The van der Waals surface area contributed by atoms with Crippen LogP contribution < -0.4 is 9.47 Å². The van der Waals surface area contributed by atoms with Gasteiger partial charge in [0.1, 0.15) is 5.82 Å². The van der Waals surface area contributed by atoms with Crippen LogP contribution in [0.25, 0.3) is 11.4 Å². The zero-order chi connectivity index (χ0) is 13.7. The molecule has 1 N–H and O–H groups in total. The second-order valence-corrected chi connectivity index (χ2v) is 4.86. The van der Waals surface area contributed by atoms with Crippen LogP contribution in [0.1, 0.15) is 20.3 Å². The molecular formula is C14H17BrN2O2. The summed E-state index contributed by atoms with van der Waals surface area (Å²) in [6.07, 6.45) is 4.48. The van der Waals surface area contributed by atoms with Gasteiger partial charge in [0.05, 0.1) is 17.7 Å². The molecule has 0 aliphatic heterocycles. The van der Waals surface area contributed by atoms with Crippen molar-refractivity contribution in [2.45, 2.75) is 20.3 Å². The maximum atomic E-state index is 5.74. The summed E-state index contributed by atoms with van der Waals surface area (Å²) in [6.45, 7) is 5.29. The molecule has 1 heterocycles. The number of H-pyrrole nitrogens is 1. The van der Waals surface area contributed by atoms with Crippen LogP contribution in [0.15, 0.2) is 29.0 Å². The Morgan fingerprint density at radius 3 is 2.74 bits per heavy atom. The number of hydrogen-bond acceptors (Lipinski definition) is 3. The van der Waals surface area contributed by atoms with Crippen molar-refractivity contribution in [3.8, 4) is 22.9 Å². The highest BCUT2D eigenvalue weighted by atomic mass is 79.9. The summed E-state index contributed by atoms with van der Waals surface area (Å²) >= 11 is 3.54. The minimum atomic E-state index is 0.594. The Bertz CT molecular complexity index is 526. The van der Waals surface area contributed by atoms with Crippen molar-refractivity contribution in [3.63, 3.8) is 0 Å². The molecule has 0 aliphatic rings. The summed E-state index contributed by atoms with van der Waals surface area (Å²) in [5.41, 5.74) is 0.962. The number of benzene rings is 1. The van der Waals surface area contributed by atoms with Gasteiger partial charge in [0.2, 0.25) is 0 Å². The highest BCUT2D eigenvalue weighted by Crippen LogP contribution is 2.39. The lowest BCUT2D eigenvalue weighted by Gasteiger charge is -2.14. The van der Waals surface area contributed by atoms with E-state index in [1.807, 2.05) is 19.1 Å². The number of imidazole rings is 1. The predicted molar refractivity (Wildman–Crippen MR) is 78.7 cm³/mol. The number of aromatic amines is 1. The molecule has 0 aliphatic carbocycles. The fourth-order valence-corrected chi connectivity index (χ4v) is 2.29. The third-order valence-electron chi connectivity index (χ3n) is 2.53. The molecule has 0 atom stereocenters. The second-order valence-electron chi connectivity index (χ2n) is 4.00. The molecule has 0 saturated heterocycles. The van der Waals surface area contributed by atoms with Gasteiger partial charge in [0.25, 0.3) is 0 Å². The molecule has 0 spiro atoms. The van der Waals surface area contributed by atoms with Gasteiger partial charge < -0.3 is 14.5 Å². The molecule has 5 heteroatoms. The number of hydrogen-bond donors (Lipinski definition) is 1. The Labute approximate surface area is 121 Å². The number of rotatable bonds is 6. The van der Waals surface area contributed by atoms with E-state index < -0.39 is 0 Å². The Kier molecular flexibility index (Phi) is 4.85. The van der Waals surface area contributed by atoms with Crippen molar-refractivity contribution >= 4 is 15.9 Å². The largest absolute Gasteiger partial charge is 0.490 e. The highest BCUT2D eigenvalue weighted by molar-refractivity contribution is 9.10. The molecular weight excluding hydrogens is 308 g/mol. The Hall–Kier alpha value is -1.49. The summed E-state index contributed by atoms with van der Waals surface area (Å²) in [4.78, 5) is 7.33. The Morgan fingerprint density at radius 1 is 1.26 bits per heavy atom. The van der Waals surface area contributed by atoms with E-state index in [1.165, 1.54) is 0 Å². The zero-order valence-corrected chi connectivity index (χ0v) is 12.7. The lowest BCUT2D eigenvalue weighted by atomic mass is 10.2. The average Bonchev–Trinajstić information content (AvgIpc) is 2.92. The monoisotopic (exact) mass is 324 g/mol. The molecule has 1 aromatic carbocycles. The SMILES string of the molecule is CCCOc1c(Br)cc(-c2ncc[nH]2)cc1OCC. The van der Waals surface area contributed by atoms with Crippen LogP contribution >= 0.6 is 15.9 Å². The number of aromatic nitrogens is 2. The van der Waals surface area contributed by atoms with Gasteiger partial charge in [-0.3, -0.25) is 0 Å². The number of halogens is 1. The molecule has 19 heavy (non-hydrogen) atoms. The van der Waals surface area contributed by atoms with E-state index in [9.17, 15) is 0 Å². The normalized spacial score (nSPS) is 10.5.